The summed E-state index contributed by atoms with van der Waals surface area (Å²) in [6.07, 6.45) is 3.04. The molecule has 0 atom stereocenters. The lowest BCUT2D eigenvalue weighted by Gasteiger charge is -2.11. The molecule has 0 aromatic heterocycles. The summed E-state index contributed by atoms with van der Waals surface area (Å²) in [5, 5.41) is 34.6. The van der Waals surface area contributed by atoms with Gasteiger partial charge in [-0.15, -0.1) is 19.6 Å². The molecule has 3 aromatic rings. The third-order valence-corrected chi connectivity index (χ3v) is 12.1. The van der Waals surface area contributed by atoms with Crippen molar-refractivity contribution in [1.29, 1.82) is 0 Å². The molecule has 0 radical (unpaired) electrons. The lowest BCUT2D eigenvalue weighted by Crippen LogP contribution is -2.08. The van der Waals surface area contributed by atoms with E-state index in [4.69, 9.17) is 29.4 Å². The molecule has 60 heavy (non-hydrogen) atoms. The van der Waals surface area contributed by atoms with Crippen molar-refractivity contribution in [2.24, 2.45) is 0 Å². The molecule has 340 valence electrons. The Labute approximate surface area is 358 Å². The molecule has 0 heterocycles. The van der Waals surface area contributed by atoms with Gasteiger partial charge in [-0.25, -0.2) is 24.1 Å². The average molecular weight is 993 g/mol. The molecule has 0 aliphatic heterocycles. The van der Waals surface area contributed by atoms with E-state index in [1.54, 1.807) is 26.0 Å². The van der Waals surface area contributed by atoms with Crippen LogP contribution in [-0.2, 0) is 96.8 Å². The second-order valence-corrected chi connectivity index (χ2v) is 18.6. The Morgan fingerprint density at radius 2 is 0.967 bits per heavy atom. The topological polar surface area (TPSA) is 352 Å². The minimum Gasteiger partial charge on any atom is -0.282 e. The summed E-state index contributed by atoms with van der Waals surface area (Å²) in [5.74, 6) is 0. The number of benzene rings is 3. The first-order valence-electron chi connectivity index (χ1n) is 16.0. The molecule has 0 aliphatic rings. The summed E-state index contributed by atoms with van der Waals surface area (Å²) in [5.41, 5.74) is 3.84. The third-order valence-electron chi connectivity index (χ3n) is 7.00. The van der Waals surface area contributed by atoms with Crippen LogP contribution in [0.1, 0.15) is 46.2 Å². The number of rotatable bonds is 23. The monoisotopic (exact) mass is 992 g/mol. The molecular formula is C30H40O23S7. The van der Waals surface area contributed by atoms with E-state index in [2.05, 4.69) is 43.1 Å². The van der Waals surface area contributed by atoms with E-state index in [0.29, 0.717) is 64.9 Å². The zero-order valence-electron chi connectivity index (χ0n) is 31.3. The standard InChI is InChI=1S/C10H14O10S3.C10H14O7S2.C10H12O6S2/c1-7-5-8(3-2-4-18-23(15,16)17)10(22(12,13)14)6-9(7)21-20-19-11;1-8-7-9(3-2-6-15-19(12,13)14)4-5-10(8)18-17-16-11;1-3-4-8-5-7(2)9(17-16-15-11)6-10(8)18(12,13)14/h5-6,11H,2-4H2,1H3,(H,12,13,14)(H,15,16,17);4-5,7,11H,2-3,6H2,1H3,(H,12,13,14);3,5-6,11H,1,4H2,2H3,(H,12,13,14). The Hall–Kier alpha value is -2.35. The molecule has 3 rings (SSSR count). The zero-order chi connectivity index (χ0) is 45.7. The molecule has 0 bridgehead atoms. The summed E-state index contributed by atoms with van der Waals surface area (Å²) in [7, 11) is -17.8. The first-order chi connectivity index (χ1) is 27.9. The number of hydrogen-bond donors (Lipinski definition) is 7. The number of hydrogen-bond acceptors (Lipinski definition) is 22. The van der Waals surface area contributed by atoms with Gasteiger partial charge in [0.2, 0.25) is 0 Å². The van der Waals surface area contributed by atoms with E-state index in [-0.39, 0.29) is 41.4 Å². The van der Waals surface area contributed by atoms with Gasteiger partial charge in [-0.3, -0.25) is 18.2 Å². The van der Waals surface area contributed by atoms with E-state index in [1.165, 1.54) is 18.2 Å². The molecule has 0 fully saturated rings. The zero-order valence-corrected chi connectivity index (χ0v) is 37.0. The molecule has 0 saturated heterocycles. The normalized spacial score (nSPS) is 12.0. The molecule has 0 unspecified atom stereocenters. The number of aryl methyl sites for hydroxylation is 5. The van der Waals surface area contributed by atoms with Gasteiger partial charge in [0.25, 0.3) is 20.2 Å². The van der Waals surface area contributed by atoms with Crippen LogP contribution in [0.25, 0.3) is 0 Å². The molecule has 3 aromatic carbocycles. The van der Waals surface area contributed by atoms with Crippen LogP contribution in [0.4, 0.5) is 0 Å². The fraction of sp³-hybridized carbons (Fsp3) is 0.333. The van der Waals surface area contributed by atoms with Crippen molar-refractivity contribution in [3.05, 3.63) is 88.5 Å². The van der Waals surface area contributed by atoms with Crippen LogP contribution in [0, 0.1) is 20.8 Å². The highest BCUT2D eigenvalue weighted by atomic mass is 32.3. The highest BCUT2D eigenvalue weighted by Crippen LogP contribution is 2.31. The van der Waals surface area contributed by atoms with Crippen molar-refractivity contribution < 1.29 is 104 Å². The van der Waals surface area contributed by atoms with Crippen LogP contribution >= 0.6 is 36.1 Å². The van der Waals surface area contributed by atoms with Gasteiger partial charge in [0.1, 0.15) is 0 Å². The SMILES string of the molecule is C=CCc1cc(C)c(SOOO)cc1S(=O)(=O)O.Cc1cc(CCCOS(=O)(=O)O)c(S(=O)(=O)O)cc1SOOO.Cc1cc(CCCOS(=O)(=O)O)ccc1SOOO. The summed E-state index contributed by atoms with van der Waals surface area (Å²) < 4.78 is 143. The van der Waals surface area contributed by atoms with Crippen LogP contribution in [0.3, 0.4) is 0 Å². The Kier molecular flexibility index (Phi) is 25.0. The second kappa shape index (κ2) is 27.0. The fourth-order valence-electron chi connectivity index (χ4n) is 4.61. The van der Waals surface area contributed by atoms with Crippen LogP contribution in [0.15, 0.2) is 79.6 Å². The summed E-state index contributed by atoms with van der Waals surface area (Å²) in [4.78, 5) is 0.817. The van der Waals surface area contributed by atoms with Crippen molar-refractivity contribution in [1.82, 2.24) is 0 Å². The predicted octanol–water partition coefficient (Wildman–Crippen LogP) is 6.00. The lowest BCUT2D eigenvalue weighted by atomic mass is 10.1. The molecule has 0 saturated carbocycles. The first kappa shape index (κ1) is 55.7. The molecule has 0 amide bonds. The summed E-state index contributed by atoms with van der Waals surface area (Å²) in [6.45, 7) is 8.30. The van der Waals surface area contributed by atoms with Gasteiger partial charge < -0.3 is 0 Å². The maximum atomic E-state index is 11.4. The average Bonchev–Trinajstić information content (AvgIpc) is 3.13. The quantitative estimate of drug-likeness (QED) is 0.0143. The Morgan fingerprint density at radius 3 is 1.37 bits per heavy atom. The van der Waals surface area contributed by atoms with Crippen molar-refractivity contribution >= 4 is 77.2 Å². The van der Waals surface area contributed by atoms with Gasteiger partial charge in [-0.2, -0.15) is 33.7 Å². The lowest BCUT2D eigenvalue weighted by molar-refractivity contribution is -0.432. The maximum absolute atomic E-state index is 11.4. The van der Waals surface area contributed by atoms with Gasteiger partial charge in [-0.05, 0) is 104 Å². The van der Waals surface area contributed by atoms with Crippen molar-refractivity contribution in [3.63, 3.8) is 0 Å². The second-order valence-electron chi connectivity index (χ2n) is 11.4. The van der Waals surface area contributed by atoms with E-state index < -0.39 is 45.9 Å². The maximum Gasteiger partial charge on any atom is 0.397 e. The minimum atomic E-state index is -4.57. The molecule has 7 N–H and O–H groups in total. The predicted molar refractivity (Wildman–Crippen MR) is 211 cm³/mol. The molecule has 30 heteroatoms. The van der Waals surface area contributed by atoms with Gasteiger partial charge in [0.05, 0.1) is 59.1 Å². The Morgan fingerprint density at radius 1 is 0.567 bits per heavy atom. The van der Waals surface area contributed by atoms with Crippen LogP contribution in [0.2, 0.25) is 0 Å². The molecule has 0 spiro atoms. The summed E-state index contributed by atoms with van der Waals surface area (Å²) in [6, 6.07) is 10.9. The van der Waals surface area contributed by atoms with Crippen molar-refractivity contribution in [3.8, 4) is 0 Å². The number of allylic oxidation sites excluding steroid dienone is 1. The minimum absolute atomic E-state index is 0.0633. The Balaban J connectivity index is 0.000000454. The molecule has 0 aliphatic carbocycles. The smallest absolute Gasteiger partial charge is 0.282 e. The van der Waals surface area contributed by atoms with E-state index >= 15 is 0 Å². The van der Waals surface area contributed by atoms with Gasteiger partial charge >= 0.3 is 20.8 Å². The van der Waals surface area contributed by atoms with Crippen LogP contribution in [0.5, 0.6) is 0 Å². The molecular weight excluding hydrogens is 953 g/mol. The van der Waals surface area contributed by atoms with Crippen LogP contribution < -0.4 is 0 Å². The highest BCUT2D eigenvalue weighted by Gasteiger charge is 2.20. The van der Waals surface area contributed by atoms with Gasteiger partial charge in [0.15, 0.2) is 0 Å². The van der Waals surface area contributed by atoms with Crippen molar-refractivity contribution in [2.45, 2.75) is 77.4 Å². The van der Waals surface area contributed by atoms with Gasteiger partial charge in [-0.1, -0.05) is 45.5 Å². The fourth-order valence-corrected chi connectivity index (χ4v) is 8.26. The van der Waals surface area contributed by atoms with E-state index in [0.717, 1.165) is 34.1 Å². The third kappa shape index (κ3) is 22.7. The largest absolute Gasteiger partial charge is 0.397 e. The molecule has 23 nitrogen and oxygen atoms in total. The van der Waals surface area contributed by atoms with E-state index in [9.17, 15) is 38.2 Å². The Bertz CT molecular complexity index is 2290. The van der Waals surface area contributed by atoms with E-state index in [1.807, 2.05) is 19.1 Å². The highest BCUT2D eigenvalue weighted by molar-refractivity contribution is 7.95. The van der Waals surface area contributed by atoms with Gasteiger partial charge in [0, 0.05) is 14.7 Å². The van der Waals surface area contributed by atoms with Crippen molar-refractivity contribution in [2.75, 3.05) is 13.2 Å². The first-order valence-corrected chi connectivity index (χ1v) is 23.8. The van der Waals surface area contributed by atoms with Crippen LogP contribution in [-0.4, -0.2) is 80.9 Å². The summed E-state index contributed by atoms with van der Waals surface area (Å²) >= 11 is 2.04.